The van der Waals surface area contributed by atoms with Gasteiger partial charge in [-0.3, -0.25) is 9.48 Å². The zero-order valence-electron chi connectivity index (χ0n) is 20.5. The molecule has 1 aromatic carbocycles. The predicted octanol–water partition coefficient (Wildman–Crippen LogP) is 5.99. The van der Waals surface area contributed by atoms with Gasteiger partial charge in [-0.2, -0.15) is 5.10 Å². The van der Waals surface area contributed by atoms with Crippen molar-refractivity contribution in [2.24, 2.45) is 11.8 Å². The van der Waals surface area contributed by atoms with Gasteiger partial charge in [0.25, 0.3) is 5.91 Å². The van der Waals surface area contributed by atoms with Gasteiger partial charge < -0.3 is 15.2 Å². The summed E-state index contributed by atoms with van der Waals surface area (Å²) in [6.07, 6.45) is -1.42. The van der Waals surface area contributed by atoms with Gasteiger partial charge in [0.05, 0.1) is 16.3 Å². The standard InChI is InChI=1S/C25H33ClF3N3O3/c1-5-32-22(18-7-6-17(12-15(2)3)13-19(18)35-25(27,28)29)20(26)21(31-32)23(33)30-14-24(34)10-8-16(4)9-11-24/h6-7,13,15-16,34H,5,8-12,14H2,1-4H3,(H,30,33). The zero-order valence-corrected chi connectivity index (χ0v) is 21.3. The van der Waals surface area contributed by atoms with Gasteiger partial charge in [-0.25, -0.2) is 0 Å². The molecule has 0 aliphatic heterocycles. The molecule has 1 aliphatic carbocycles. The molecule has 0 atom stereocenters. The zero-order chi connectivity index (χ0) is 26.0. The summed E-state index contributed by atoms with van der Waals surface area (Å²) in [6, 6.07) is 4.59. The quantitative estimate of drug-likeness (QED) is 0.452. The maximum Gasteiger partial charge on any atom is 0.573 e. The number of carbonyl (C=O) groups excluding carboxylic acids is 1. The van der Waals surface area contributed by atoms with Crippen LogP contribution in [-0.2, 0) is 13.0 Å². The summed E-state index contributed by atoms with van der Waals surface area (Å²) in [5, 5.41) is 17.7. The molecule has 0 saturated heterocycles. The molecule has 1 heterocycles. The molecule has 0 bridgehead atoms. The molecule has 10 heteroatoms. The molecule has 0 radical (unpaired) electrons. The van der Waals surface area contributed by atoms with Crippen molar-refractivity contribution in [1.82, 2.24) is 15.1 Å². The van der Waals surface area contributed by atoms with Gasteiger partial charge in [0.1, 0.15) is 5.75 Å². The van der Waals surface area contributed by atoms with Crippen LogP contribution in [0, 0.1) is 11.8 Å². The third-order valence-electron chi connectivity index (χ3n) is 6.36. The number of halogens is 4. The smallest absolute Gasteiger partial charge is 0.405 e. The fourth-order valence-corrected chi connectivity index (χ4v) is 4.77. The number of nitrogens with one attached hydrogen (secondary N) is 1. The predicted molar refractivity (Wildman–Crippen MR) is 128 cm³/mol. The second-order valence-electron chi connectivity index (χ2n) is 9.89. The molecule has 0 spiro atoms. The number of aliphatic hydroxyl groups is 1. The largest absolute Gasteiger partial charge is 0.573 e. The van der Waals surface area contributed by atoms with Crippen LogP contribution in [0.4, 0.5) is 13.2 Å². The van der Waals surface area contributed by atoms with Crippen LogP contribution in [0.1, 0.15) is 69.4 Å². The van der Waals surface area contributed by atoms with Crippen molar-refractivity contribution < 1.29 is 27.8 Å². The topological polar surface area (TPSA) is 76.4 Å². The first-order chi connectivity index (χ1) is 16.3. The van der Waals surface area contributed by atoms with Gasteiger partial charge in [-0.15, -0.1) is 13.2 Å². The molecule has 2 aromatic rings. The molecule has 2 N–H and O–H groups in total. The van der Waals surface area contributed by atoms with E-state index in [1.54, 1.807) is 13.0 Å². The maximum absolute atomic E-state index is 13.2. The average molecular weight is 516 g/mol. The molecule has 1 saturated carbocycles. The van der Waals surface area contributed by atoms with Gasteiger partial charge in [-0.05, 0) is 68.6 Å². The van der Waals surface area contributed by atoms with E-state index < -0.39 is 23.6 Å². The van der Waals surface area contributed by atoms with Crippen molar-refractivity contribution in [1.29, 1.82) is 0 Å². The molecule has 1 aliphatic rings. The first kappa shape index (κ1) is 27.3. The highest BCUT2D eigenvalue weighted by atomic mass is 35.5. The highest BCUT2D eigenvalue weighted by Crippen LogP contribution is 2.40. The van der Waals surface area contributed by atoms with E-state index in [1.165, 1.54) is 16.8 Å². The molecule has 1 aromatic heterocycles. The Kier molecular flexibility index (Phi) is 8.42. The molecular weight excluding hydrogens is 483 g/mol. The number of rotatable bonds is 8. The van der Waals surface area contributed by atoms with E-state index in [0.29, 0.717) is 30.7 Å². The van der Waals surface area contributed by atoms with E-state index in [4.69, 9.17) is 11.6 Å². The molecule has 194 valence electrons. The molecule has 0 unspecified atom stereocenters. The minimum atomic E-state index is -4.90. The van der Waals surface area contributed by atoms with E-state index in [-0.39, 0.29) is 41.0 Å². The lowest BCUT2D eigenvalue weighted by Crippen LogP contribution is -2.45. The number of nitrogens with zero attached hydrogens (tertiary/aromatic N) is 2. The van der Waals surface area contributed by atoms with Gasteiger partial charge in [0, 0.05) is 18.7 Å². The summed E-state index contributed by atoms with van der Waals surface area (Å²) < 4.78 is 45.4. The number of aromatic nitrogens is 2. The fraction of sp³-hybridized carbons (Fsp3) is 0.600. The van der Waals surface area contributed by atoms with Crippen LogP contribution in [0.15, 0.2) is 18.2 Å². The summed E-state index contributed by atoms with van der Waals surface area (Å²) >= 11 is 6.54. The van der Waals surface area contributed by atoms with Crippen LogP contribution in [0.2, 0.25) is 5.02 Å². The van der Waals surface area contributed by atoms with Crippen LogP contribution >= 0.6 is 11.6 Å². The molecular formula is C25H33ClF3N3O3. The lowest BCUT2D eigenvalue weighted by Gasteiger charge is -2.34. The Labute approximate surface area is 208 Å². The fourth-order valence-electron chi connectivity index (χ4n) is 4.45. The molecule has 1 fully saturated rings. The molecule has 3 rings (SSSR count). The molecule has 1 amide bonds. The van der Waals surface area contributed by atoms with E-state index in [9.17, 15) is 23.1 Å². The maximum atomic E-state index is 13.2. The van der Waals surface area contributed by atoms with Gasteiger partial charge in [-0.1, -0.05) is 38.4 Å². The van der Waals surface area contributed by atoms with Gasteiger partial charge >= 0.3 is 6.36 Å². The Morgan fingerprint density at radius 1 is 1.34 bits per heavy atom. The van der Waals surface area contributed by atoms with Crippen LogP contribution in [0.5, 0.6) is 5.75 Å². The molecule has 35 heavy (non-hydrogen) atoms. The number of benzene rings is 1. The Hall–Kier alpha value is -2.26. The Morgan fingerprint density at radius 3 is 2.57 bits per heavy atom. The van der Waals surface area contributed by atoms with Crippen molar-refractivity contribution in [2.75, 3.05) is 6.54 Å². The number of carbonyl (C=O) groups is 1. The van der Waals surface area contributed by atoms with E-state index in [0.717, 1.165) is 12.8 Å². The third kappa shape index (κ3) is 6.91. The minimum absolute atomic E-state index is 0.0511. The number of hydrogen-bond acceptors (Lipinski definition) is 4. The monoisotopic (exact) mass is 515 g/mol. The highest BCUT2D eigenvalue weighted by molar-refractivity contribution is 6.36. The van der Waals surface area contributed by atoms with Crippen molar-refractivity contribution in [2.45, 2.75) is 78.3 Å². The van der Waals surface area contributed by atoms with E-state index in [1.807, 2.05) is 13.8 Å². The lowest BCUT2D eigenvalue weighted by molar-refractivity contribution is -0.274. The summed E-state index contributed by atoms with van der Waals surface area (Å²) in [7, 11) is 0. The average Bonchev–Trinajstić information content (AvgIpc) is 3.09. The number of hydrogen-bond donors (Lipinski definition) is 2. The van der Waals surface area contributed by atoms with Crippen molar-refractivity contribution in [3.8, 4) is 17.0 Å². The van der Waals surface area contributed by atoms with Crippen molar-refractivity contribution >= 4 is 17.5 Å². The van der Waals surface area contributed by atoms with Crippen LogP contribution in [-0.4, -0.2) is 39.3 Å². The summed E-state index contributed by atoms with van der Waals surface area (Å²) in [5.41, 5.74) is -0.159. The first-order valence-corrected chi connectivity index (χ1v) is 12.4. The van der Waals surface area contributed by atoms with Crippen molar-refractivity contribution in [3.05, 3.63) is 34.5 Å². The SMILES string of the molecule is CCn1nc(C(=O)NCC2(O)CCC(C)CC2)c(Cl)c1-c1ccc(CC(C)C)cc1OC(F)(F)F. The summed E-state index contributed by atoms with van der Waals surface area (Å²) in [6.45, 7) is 8.13. The number of aryl methyl sites for hydroxylation is 1. The minimum Gasteiger partial charge on any atom is -0.405 e. The van der Waals surface area contributed by atoms with Gasteiger partial charge in [0.2, 0.25) is 0 Å². The van der Waals surface area contributed by atoms with Crippen molar-refractivity contribution in [3.63, 3.8) is 0 Å². The summed E-state index contributed by atoms with van der Waals surface area (Å²) in [4.78, 5) is 12.9. The second-order valence-corrected chi connectivity index (χ2v) is 10.3. The van der Waals surface area contributed by atoms with Crippen LogP contribution < -0.4 is 10.1 Å². The van der Waals surface area contributed by atoms with E-state index >= 15 is 0 Å². The van der Waals surface area contributed by atoms with Gasteiger partial charge in [0.15, 0.2) is 5.69 Å². The Bertz CT molecular complexity index is 1040. The highest BCUT2D eigenvalue weighted by Gasteiger charge is 2.35. The Balaban J connectivity index is 1.93. The number of amides is 1. The summed E-state index contributed by atoms with van der Waals surface area (Å²) in [5.74, 6) is -0.222. The molecule has 6 nitrogen and oxygen atoms in total. The third-order valence-corrected chi connectivity index (χ3v) is 6.72. The van der Waals surface area contributed by atoms with E-state index in [2.05, 4.69) is 22.1 Å². The normalized spacial score (nSPS) is 20.8. The number of alkyl halides is 3. The van der Waals surface area contributed by atoms with Crippen LogP contribution in [0.3, 0.4) is 0 Å². The first-order valence-electron chi connectivity index (χ1n) is 12.0. The second kappa shape index (κ2) is 10.8. The Morgan fingerprint density at radius 2 is 2.00 bits per heavy atom. The number of ether oxygens (including phenoxy) is 1. The van der Waals surface area contributed by atoms with Crippen LogP contribution in [0.25, 0.3) is 11.3 Å². The lowest BCUT2D eigenvalue weighted by atomic mass is 9.79.